The molecular formula is C20H24N2OS. The van der Waals surface area contributed by atoms with Gasteiger partial charge in [0.05, 0.1) is 0 Å². The van der Waals surface area contributed by atoms with Crippen LogP contribution in [0.2, 0.25) is 0 Å². The van der Waals surface area contributed by atoms with Crippen LogP contribution in [-0.4, -0.2) is 35.6 Å². The summed E-state index contributed by atoms with van der Waals surface area (Å²) in [6, 6.07) is 12.3. The number of nitrogens with zero attached hydrogens (tertiary/aromatic N) is 2. The highest BCUT2D eigenvalue weighted by Gasteiger charge is 2.32. The van der Waals surface area contributed by atoms with Gasteiger partial charge in [0.1, 0.15) is 5.60 Å². The molecule has 0 radical (unpaired) electrons. The second-order valence-electron chi connectivity index (χ2n) is 6.71. The third kappa shape index (κ3) is 3.22. The monoisotopic (exact) mass is 340 g/mol. The van der Waals surface area contributed by atoms with E-state index in [4.69, 9.17) is 0 Å². The van der Waals surface area contributed by atoms with E-state index in [2.05, 4.69) is 42.2 Å². The Bertz CT molecular complexity index is 834. The van der Waals surface area contributed by atoms with E-state index < -0.39 is 5.60 Å². The van der Waals surface area contributed by atoms with E-state index in [9.17, 15) is 5.11 Å². The lowest BCUT2D eigenvalue weighted by atomic mass is 9.86. The SMILES string of the molecule is Cc1ccc(C(C)(O)c2c(CCN(C)C)sc3ccccc23)cn1. The molecule has 0 aliphatic heterocycles. The van der Waals surface area contributed by atoms with Gasteiger partial charge in [-0.2, -0.15) is 0 Å². The number of hydrogen-bond acceptors (Lipinski definition) is 4. The fourth-order valence-electron chi connectivity index (χ4n) is 3.03. The van der Waals surface area contributed by atoms with Gasteiger partial charge < -0.3 is 10.0 Å². The van der Waals surface area contributed by atoms with Gasteiger partial charge >= 0.3 is 0 Å². The highest BCUT2D eigenvalue weighted by atomic mass is 32.1. The molecule has 0 spiro atoms. The van der Waals surface area contributed by atoms with Crippen LogP contribution in [0.1, 0.15) is 28.6 Å². The van der Waals surface area contributed by atoms with Crippen molar-refractivity contribution in [2.75, 3.05) is 20.6 Å². The van der Waals surface area contributed by atoms with E-state index in [0.717, 1.165) is 35.2 Å². The number of thiophene rings is 1. The Balaban J connectivity index is 2.14. The summed E-state index contributed by atoms with van der Waals surface area (Å²) in [5.74, 6) is 0. The first kappa shape index (κ1) is 17.1. The molecule has 3 rings (SSSR count). The number of fused-ring (bicyclic) bond motifs is 1. The Labute approximate surface area is 147 Å². The van der Waals surface area contributed by atoms with Crippen LogP contribution < -0.4 is 0 Å². The van der Waals surface area contributed by atoms with E-state index in [1.54, 1.807) is 17.5 Å². The van der Waals surface area contributed by atoms with Gasteiger partial charge in [-0.15, -0.1) is 11.3 Å². The van der Waals surface area contributed by atoms with Gasteiger partial charge in [-0.1, -0.05) is 24.3 Å². The van der Waals surface area contributed by atoms with Crippen molar-refractivity contribution in [3.05, 3.63) is 64.3 Å². The van der Waals surface area contributed by atoms with Crippen molar-refractivity contribution in [1.29, 1.82) is 0 Å². The van der Waals surface area contributed by atoms with Gasteiger partial charge in [-0.3, -0.25) is 4.98 Å². The Kier molecular flexibility index (Phi) is 4.72. The maximum absolute atomic E-state index is 11.4. The van der Waals surface area contributed by atoms with Crippen molar-refractivity contribution >= 4 is 21.4 Å². The van der Waals surface area contributed by atoms with Crippen molar-refractivity contribution in [1.82, 2.24) is 9.88 Å². The third-order valence-corrected chi connectivity index (χ3v) is 5.65. The van der Waals surface area contributed by atoms with Crippen LogP contribution >= 0.6 is 11.3 Å². The Hall–Kier alpha value is -1.75. The number of aryl methyl sites for hydroxylation is 1. The van der Waals surface area contributed by atoms with Gasteiger partial charge in [0.25, 0.3) is 0 Å². The molecule has 2 heterocycles. The molecule has 1 unspecified atom stereocenters. The lowest BCUT2D eigenvalue weighted by molar-refractivity contribution is 0.103. The average molecular weight is 340 g/mol. The van der Waals surface area contributed by atoms with Crippen molar-refractivity contribution in [3.63, 3.8) is 0 Å². The zero-order valence-electron chi connectivity index (χ0n) is 14.7. The van der Waals surface area contributed by atoms with E-state index in [1.807, 2.05) is 32.0 Å². The molecule has 0 fully saturated rings. The Morgan fingerprint density at radius 2 is 1.92 bits per heavy atom. The van der Waals surface area contributed by atoms with Crippen LogP contribution in [0.4, 0.5) is 0 Å². The van der Waals surface area contributed by atoms with Crippen molar-refractivity contribution in [3.8, 4) is 0 Å². The molecule has 3 aromatic rings. The first-order valence-corrected chi connectivity index (χ1v) is 9.02. The first-order chi connectivity index (χ1) is 11.4. The maximum Gasteiger partial charge on any atom is 0.115 e. The molecule has 0 aliphatic rings. The van der Waals surface area contributed by atoms with Crippen LogP contribution in [-0.2, 0) is 12.0 Å². The number of aromatic nitrogens is 1. The number of benzene rings is 1. The molecule has 1 aromatic carbocycles. The number of pyridine rings is 1. The van der Waals surface area contributed by atoms with Crippen molar-refractivity contribution in [2.24, 2.45) is 0 Å². The second kappa shape index (κ2) is 6.63. The maximum atomic E-state index is 11.4. The van der Waals surface area contributed by atoms with Gasteiger partial charge in [-0.25, -0.2) is 0 Å². The molecule has 0 saturated carbocycles. The number of hydrogen-bond donors (Lipinski definition) is 1. The molecule has 0 aliphatic carbocycles. The Morgan fingerprint density at radius 3 is 2.58 bits per heavy atom. The summed E-state index contributed by atoms with van der Waals surface area (Å²) in [6.07, 6.45) is 2.72. The van der Waals surface area contributed by atoms with Crippen molar-refractivity contribution < 1.29 is 5.11 Å². The van der Waals surface area contributed by atoms with Crippen LogP contribution in [0.3, 0.4) is 0 Å². The lowest BCUT2D eigenvalue weighted by Crippen LogP contribution is -2.25. The van der Waals surface area contributed by atoms with Crippen LogP contribution in [0.15, 0.2) is 42.6 Å². The minimum atomic E-state index is -1.05. The predicted octanol–water partition coefficient (Wildman–Crippen LogP) is 3.96. The zero-order chi connectivity index (χ0) is 17.3. The van der Waals surface area contributed by atoms with Crippen LogP contribution in [0.25, 0.3) is 10.1 Å². The molecule has 0 saturated heterocycles. The van der Waals surface area contributed by atoms with E-state index >= 15 is 0 Å². The highest BCUT2D eigenvalue weighted by molar-refractivity contribution is 7.19. The predicted molar refractivity (Wildman–Crippen MR) is 102 cm³/mol. The second-order valence-corrected chi connectivity index (χ2v) is 7.85. The molecule has 4 heteroatoms. The average Bonchev–Trinajstić information content (AvgIpc) is 2.92. The summed E-state index contributed by atoms with van der Waals surface area (Å²) >= 11 is 1.78. The molecule has 0 bridgehead atoms. The molecule has 126 valence electrons. The number of likely N-dealkylation sites (N-methyl/N-ethyl adjacent to an activating group) is 1. The summed E-state index contributed by atoms with van der Waals surface area (Å²) < 4.78 is 1.22. The highest BCUT2D eigenvalue weighted by Crippen LogP contribution is 2.41. The molecule has 24 heavy (non-hydrogen) atoms. The zero-order valence-corrected chi connectivity index (χ0v) is 15.5. The summed E-state index contributed by atoms with van der Waals surface area (Å²) in [7, 11) is 4.16. The minimum absolute atomic E-state index is 0.836. The fraction of sp³-hybridized carbons (Fsp3) is 0.350. The van der Waals surface area contributed by atoms with Crippen LogP contribution in [0.5, 0.6) is 0 Å². The van der Waals surface area contributed by atoms with Gasteiger partial charge in [-0.05, 0) is 51.9 Å². The quantitative estimate of drug-likeness (QED) is 0.763. The topological polar surface area (TPSA) is 36.4 Å². The number of aliphatic hydroxyl groups is 1. The lowest BCUT2D eigenvalue weighted by Gasteiger charge is -2.26. The third-order valence-electron chi connectivity index (χ3n) is 4.41. The first-order valence-electron chi connectivity index (χ1n) is 8.20. The van der Waals surface area contributed by atoms with E-state index in [1.165, 1.54) is 9.58 Å². The largest absolute Gasteiger partial charge is 0.381 e. The molecular weight excluding hydrogens is 316 g/mol. The van der Waals surface area contributed by atoms with Gasteiger partial charge in [0.2, 0.25) is 0 Å². The van der Waals surface area contributed by atoms with E-state index in [-0.39, 0.29) is 0 Å². The minimum Gasteiger partial charge on any atom is -0.381 e. The van der Waals surface area contributed by atoms with E-state index in [0.29, 0.717) is 0 Å². The van der Waals surface area contributed by atoms with Crippen molar-refractivity contribution in [2.45, 2.75) is 25.9 Å². The summed E-state index contributed by atoms with van der Waals surface area (Å²) in [4.78, 5) is 7.80. The molecule has 0 amide bonds. The standard InChI is InChI=1S/C20H24N2OS/c1-14-9-10-15(13-21-14)20(2,23)19-16-7-5-6-8-17(16)24-18(19)11-12-22(3)4/h5-10,13,23H,11-12H2,1-4H3. The summed E-state index contributed by atoms with van der Waals surface area (Å²) in [5, 5.41) is 12.6. The van der Waals surface area contributed by atoms with Gasteiger partial charge in [0.15, 0.2) is 0 Å². The normalized spacial score (nSPS) is 14.2. The molecule has 2 aromatic heterocycles. The summed E-state index contributed by atoms with van der Waals surface area (Å²) in [5.41, 5.74) is 1.76. The smallest absolute Gasteiger partial charge is 0.115 e. The number of rotatable bonds is 5. The summed E-state index contributed by atoms with van der Waals surface area (Å²) in [6.45, 7) is 4.80. The molecule has 3 nitrogen and oxygen atoms in total. The molecule has 1 atom stereocenters. The Morgan fingerprint density at radius 1 is 1.17 bits per heavy atom. The fourth-order valence-corrected chi connectivity index (χ4v) is 4.33. The van der Waals surface area contributed by atoms with Gasteiger partial charge in [0, 0.05) is 39.1 Å². The van der Waals surface area contributed by atoms with Crippen LogP contribution in [0, 0.1) is 6.92 Å². The molecule has 1 N–H and O–H groups in total.